The molecule has 0 spiro atoms. The van der Waals surface area contributed by atoms with E-state index in [2.05, 4.69) is 47.2 Å². The molecule has 29 heavy (non-hydrogen) atoms. The molecule has 0 unspecified atom stereocenters. The Labute approximate surface area is 179 Å². The normalized spacial score (nSPS) is 14.1. The molecule has 1 fully saturated rings. The first-order valence-corrected chi connectivity index (χ1v) is 9.53. The van der Waals surface area contributed by atoms with E-state index in [1.807, 2.05) is 37.3 Å². The molecule has 1 heterocycles. The number of carbonyl (C=O) groups is 1. The molecule has 1 saturated heterocycles. The first-order chi connectivity index (χ1) is 13.5. The zero-order valence-corrected chi connectivity index (χ0v) is 17.9. The van der Waals surface area contributed by atoms with Gasteiger partial charge in [0, 0.05) is 43.8 Å². The number of aryl methyl sites for hydroxylation is 2. The van der Waals surface area contributed by atoms with Crippen molar-refractivity contribution >= 4 is 29.7 Å². The molecule has 1 N–H and O–H groups in total. The molecule has 0 saturated carbocycles. The lowest BCUT2D eigenvalue weighted by molar-refractivity contribution is -0.112. The fourth-order valence-corrected chi connectivity index (χ4v) is 3.33. The summed E-state index contributed by atoms with van der Waals surface area (Å²) < 4.78 is 0. The highest BCUT2D eigenvalue weighted by Gasteiger charge is 2.19. The van der Waals surface area contributed by atoms with E-state index in [-0.39, 0.29) is 23.9 Å². The number of piperazine rings is 1. The summed E-state index contributed by atoms with van der Waals surface area (Å²) in [7, 11) is 0. The molecular weight excluding hydrogens is 384 g/mol. The first kappa shape index (κ1) is 22.3. The van der Waals surface area contributed by atoms with Gasteiger partial charge in [0.25, 0.3) is 5.91 Å². The number of hydrogen-bond donors (Lipinski definition) is 1. The molecule has 1 aliphatic rings. The van der Waals surface area contributed by atoms with Gasteiger partial charge in [0.15, 0.2) is 0 Å². The zero-order valence-electron chi connectivity index (χ0n) is 17.1. The maximum atomic E-state index is 12.4. The number of nitrogens with zero attached hydrogens (tertiary/aromatic N) is 3. The largest absolute Gasteiger partial charge is 0.373 e. The third-order valence-electron chi connectivity index (χ3n) is 5.22. The van der Waals surface area contributed by atoms with Crippen LogP contribution >= 0.6 is 12.4 Å². The number of rotatable bonds is 4. The number of hydrogen-bond acceptors (Lipinski definition) is 4. The molecule has 0 atom stereocenters. The number of carbonyl (C=O) groups excluding carboxylic acids is 1. The number of halogens is 1. The quantitative estimate of drug-likeness (QED) is 0.606. The smallest absolute Gasteiger partial charge is 0.267 e. The van der Waals surface area contributed by atoms with Crippen LogP contribution in [0.2, 0.25) is 0 Å². The molecular formula is C23H27ClN4O. The van der Waals surface area contributed by atoms with Crippen molar-refractivity contribution in [1.82, 2.24) is 4.90 Å². The van der Waals surface area contributed by atoms with Gasteiger partial charge in [-0.1, -0.05) is 29.8 Å². The Morgan fingerprint density at radius 1 is 1.03 bits per heavy atom. The van der Waals surface area contributed by atoms with Crippen molar-refractivity contribution in [2.24, 2.45) is 0 Å². The minimum absolute atomic E-state index is 0. The van der Waals surface area contributed by atoms with Crippen LogP contribution in [0.4, 0.5) is 11.4 Å². The first-order valence-electron chi connectivity index (χ1n) is 9.53. The summed E-state index contributed by atoms with van der Waals surface area (Å²) in [5.74, 6) is -0.372. The summed E-state index contributed by atoms with van der Waals surface area (Å²) >= 11 is 0. The second-order valence-corrected chi connectivity index (χ2v) is 7.22. The maximum absolute atomic E-state index is 12.4. The van der Waals surface area contributed by atoms with E-state index in [4.69, 9.17) is 0 Å². The van der Waals surface area contributed by atoms with Crippen LogP contribution < -0.4 is 10.2 Å². The Morgan fingerprint density at radius 2 is 1.69 bits per heavy atom. The van der Waals surface area contributed by atoms with Gasteiger partial charge in [0.1, 0.15) is 11.6 Å². The summed E-state index contributed by atoms with van der Waals surface area (Å²) in [6, 6.07) is 15.9. The van der Waals surface area contributed by atoms with Crippen LogP contribution in [0, 0.1) is 32.1 Å². The summed E-state index contributed by atoms with van der Waals surface area (Å²) in [6.07, 6.45) is 1.68. The highest BCUT2D eigenvalue weighted by Crippen LogP contribution is 2.24. The van der Waals surface area contributed by atoms with Crippen LogP contribution in [-0.2, 0) is 4.79 Å². The Bertz CT molecular complexity index is 923. The van der Waals surface area contributed by atoms with Gasteiger partial charge in [-0.05, 0) is 50.1 Å². The lowest BCUT2D eigenvalue weighted by Gasteiger charge is -2.36. The summed E-state index contributed by atoms with van der Waals surface area (Å²) in [5, 5.41) is 12.2. The van der Waals surface area contributed by atoms with Crippen molar-refractivity contribution in [3.05, 3.63) is 70.9 Å². The van der Waals surface area contributed by atoms with Gasteiger partial charge < -0.3 is 15.1 Å². The van der Waals surface area contributed by atoms with Crippen LogP contribution in [0.25, 0.3) is 0 Å². The lowest BCUT2D eigenvalue weighted by Crippen LogP contribution is -2.44. The zero-order chi connectivity index (χ0) is 20.1. The minimum atomic E-state index is -0.372. The average molecular weight is 411 g/mol. The monoisotopic (exact) mass is 410 g/mol. The second-order valence-electron chi connectivity index (χ2n) is 7.22. The number of nitrogens with one attached hydrogen (secondary N) is 1. The van der Waals surface area contributed by atoms with E-state index in [1.165, 1.54) is 16.8 Å². The number of anilines is 2. The molecule has 3 rings (SSSR count). The Morgan fingerprint density at radius 3 is 2.31 bits per heavy atom. The predicted octanol–water partition coefficient (Wildman–Crippen LogP) is 4.20. The fourth-order valence-electron chi connectivity index (χ4n) is 3.33. The molecule has 0 aliphatic carbocycles. The van der Waals surface area contributed by atoms with Crippen LogP contribution in [0.1, 0.15) is 16.7 Å². The Kier molecular flexibility index (Phi) is 7.69. The van der Waals surface area contributed by atoms with Gasteiger partial charge in [0.05, 0.1) is 0 Å². The van der Waals surface area contributed by atoms with E-state index in [1.54, 1.807) is 6.20 Å². The lowest BCUT2D eigenvalue weighted by atomic mass is 10.1. The molecule has 1 amide bonds. The van der Waals surface area contributed by atoms with Crippen LogP contribution in [-0.4, -0.2) is 37.0 Å². The van der Waals surface area contributed by atoms with Gasteiger partial charge in [-0.25, -0.2) is 0 Å². The van der Waals surface area contributed by atoms with Crippen LogP contribution in [0.5, 0.6) is 0 Å². The molecule has 0 aromatic heterocycles. The van der Waals surface area contributed by atoms with E-state index < -0.39 is 0 Å². The molecule has 6 heteroatoms. The van der Waals surface area contributed by atoms with E-state index in [0.717, 1.165) is 31.7 Å². The van der Waals surface area contributed by atoms with Crippen molar-refractivity contribution in [2.75, 3.05) is 36.4 Å². The van der Waals surface area contributed by atoms with Crippen molar-refractivity contribution in [3.8, 4) is 6.07 Å². The SMILES string of the molecule is Cc1ccc(NC(=O)/C(C#N)=C\N2CCN(c3cccc(C)c3C)CC2)cc1.Cl. The number of amides is 1. The summed E-state index contributed by atoms with van der Waals surface area (Å²) in [4.78, 5) is 16.8. The molecule has 5 nitrogen and oxygen atoms in total. The molecule has 1 aliphatic heterocycles. The standard InChI is InChI=1S/C23H26N4O.ClH/c1-17-7-9-21(10-8-17)25-23(28)20(15-24)16-26-11-13-27(14-12-26)22-6-4-5-18(2)19(22)3;/h4-10,16H,11-14H2,1-3H3,(H,25,28);1H/b20-16-;. The van der Waals surface area contributed by atoms with Crippen LogP contribution in [0.15, 0.2) is 54.2 Å². The summed E-state index contributed by atoms with van der Waals surface area (Å²) in [5.41, 5.74) is 5.80. The van der Waals surface area contributed by atoms with Crippen LogP contribution in [0.3, 0.4) is 0 Å². The molecule has 2 aromatic rings. The van der Waals surface area contributed by atoms with Gasteiger partial charge in [-0.2, -0.15) is 5.26 Å². The fraction of sp³-hybridized carbons (Fsp3) is 0.304. The van der Waals surface area contributed by atoms with Crippen molar-refractivity contribution in [2.45, 2.75) is 20.8 Å². The van der Waals surface area contributed by atoms with Gasteiger partial charge in [-0.15, -0.1) is 12.4 Å². The third-order valence-corrected chi connectivity index (χ3v) is 5.22. The predicted molar refractivity (Wildman–Crippen MR) is 120 cm³/mol. The van der Waals surface area contributed by atoms with E-state index in [9.17, 15) is 10.1 Å². The van der Waals surface area contributed by atoms with Crippen molar-refractivity contribution in [3.63, 3.8) is 0 Å². The van der Waals surface area contributed by atoms with E-state index >= 15 is 0 Å². The maximum Gasteiger partial charge on any atom is 0.267 e. The molecule has 152 valence electrons. The topological polar surface area (TPSA) is 59.4 Å². The third kappa shape index (κ3) is 5.52. The van der Waals surface area contributed by atoms with Gasteiger partial charge in [0.2, 0.25) is 0 Å². The molecule has 2 aromatic carbocycles. The van der Waals surface area contributed by atoms with Gasteiger partial charge in [-0.3, -0.25) is 4.79 Å². The van der Waals surface area contributed by atoms with Crippen molar-refractivity contribution < 1.29 is 4.79 Å². The minimum Gasteiger partial charge on any atom is -0.373 e. The Hall–Kier alpha value is -2.97. The molecule has 0 bridgehead atoms. The summed E-state index contributed by atoms with van der Waals surface area (Å²) in [6.45, 7) is 9.54. The van der Waals surface area contributed by atoms with Crippen molar-refractivity contribution in [1.29, 1.82) is 5.26 Å². The highest BCUT2D eigenvalue weighted by molar-refractivity contribution is 6.06. The highest BCUT2D eigenvalue weighted by atomic mass is 35.5. The second kappa shape index (κ2) is 9.99. The van der Waals surface area contributed by atoms with E-state index in [0.29, 0.717) is 5.69 Å². The molecule has 0 radical (unpaired) electrons. The van der Waals surface area contributed by atoms with Gasteiger partial charge >= 0.3 is 0 Å². The Balaban J connectivity index is 0.00000300. The average Bonchev–Trinajstić information content (AvgIpc) is 2.70. The number of benzene rings is 2. The number of nitriles is 1.